The Morgan fingerprint density at radius 1 is 1.16 bits per heavy atom. The van der Waals surface area contributed by atoms with Crippen LogP contribution in [0.4, 0.5) is 5.69 Å². The van der Waals surface area contributed by atoms with Crippen LogP contribution in [0.3, 0.4) is 0 Å². The number of benzene rings is 2. The Labute approximate surface area is 158 Å². The average molecular weight is 399 g/mol. The third-order valence-corrected chi connectivity index (χ3v) is 3.61. The van der Waals surface area contributed by atoms with Crippen LogP contribution >= 0.6 is 35.4 Å². The van der Waals surface area contributed by atoms with Crippen molar-refractivity contribution in [2.75, 3.05) is 11.9 Å². The summed E-state index contributed by atoms with van der Waals surface area (Å²) in [7, 11) is 0. The summed E-state index contributed by atoms with van der Waals surface area (Å²) in [6.07, 6.45) is 0. The molecule has 0 aromatic heterocycles. The van der Waals surface area contributed by atoms with Gasteiger partial charge in [-0.25, -0.2) is 4.79 Å². The van der Waals surface area contributed by atoms with Gasteiger partial charge in [0.2, 0.25) is 0 Å². The van der Waals surface area contributed by atoms with E-state index in [1.54, 1.807) is 24.3 Å². The van der Waals surface area contributed by atoms with Crippen LogP contribution in [0.1, 0.15) is 10.4 Å². The minimum atomic E-state index is -1.24. The Kier molecular flexibility index (Phi) is 6.58. The zero-order chi connectivity index (χ0) is 18.4. The topological polar surface area (TPSA) is 87.7 Å². The largest absolute Gasteiger partial charge is 0.484 e. The van der Waals surface area contributed by atoms with E-state index >= 15 is 0 Å². The number of rotatable bonds is 5. The first kappa shape index (κ1) is 19.0. The van der Waals surface area contributed by atoms with Gasteiger partial charge in [-0.2, -0.15) is 0 Å². The van der Waals surface area contributed by atoms with Crippen LogP contribution in [0.25, 0.3) is 0 Å². The number of amides is 1. The van der Waals surface area contributed by atoms with Gasteiger partial charge >= 0.3 is 5.97 Å². The van der Waals surface area contributed by atoms with Gasteiger partial charge in [-0.15, -0.1) is 0 Å². The number of carbonyl (C=O) groups is 2. The zero-order valence-corrected chi connectivity index (χ0v) is 14.9. The fourth-order valence-corrected chi connectivity index (χ4v) is 2.60. The number of nitrogens with one attached hydrogen (secondary N) is 2. The molecule has 2 rings (SSSR count). The second-order valence-corrected chi connectivity index (χ2v) is 5.97. The van der Waals surface area contributed by atoms with Gasteiger partial charge in [0.1, 0.15) is 5.75 Å². The summed E-state index contributed by atoms with van der Waals surface area (Å²) in [4.78, 5) is 23.1. The van der Waals surface area contributed by atoms with Crippen LogP contribution in [0.15, 0.2) is 42.5 Å². The predicted molar refractivity (Wildman–Crippen MR) is 99.7 cm³/mol. The van der Waals surface area contributed by atoms with Crippen LogP contribution in [-0.4, -0.2) is 28.7 Å². The van der Waals surface area contributed by atoms with E-state index in [9.17, 15) is 14.7 Å². The highest BCUT2D eigenvalue weighted by molar-refractivity contribution is 7.80. The first-order valence-electron chi connectivity index (χ1n) is 6.88. The van der Waals surface area contributed by atoms with E-state index in [0.717, 1.165) is 0 Å². The van der Waals surface area contributed by atoms with E-state index in [1.165, 1.54) is 12.1 Å². The molecule has 0 aliphatic heterocycles. The lowest BCUT2D eigenvalue weighted by atomic mass is 10.2. The summed E-state index contributed by atoms with van der Waals surface area (Å²) in [6, 6.07) is 11.4. The summed E-state index contributed by atoms with van der Waals surface area (Å²) in [5.41, 5.74) is -0.137. The first-order chi connectivity index (χ1) is 11.9. The number of anilines is 1. The molecule has 0 unspecified atom stereocenters. The number of carboxylic acids is 1. The van der Waals surface area contributed by atoms with E-state index in [4.69, 9.17) is 40.2 Å². The summed E-state index contributed by atoms with van der Waals surface area (Å²) in [6.45, 7) is -0.258. The molecule has 0 radical (unpaired) electrons. The SMILES string of the molecule is O=C(COc1ccccc1)NC(=S)Nc1c(Cl)cc(Cl)cc1C(=O)O. The maximum absolute atomic E-state index is 11.8. The second-order valence-electron chi connectivity index (χ2n) is 4.72. The van der Waals surface area contributed by atoms with Gasteiger partial charge in [0, 0.05) is 5.02 Å². The highest BCUT2D eigenvalue weighted by atomic mass is 35.5. The fourth-order valence-electron chi connectivity index (χ4n) is 1.84. The molecule has 0 aliphatic rings. The van der Waals surface area contributed by atoms with Crippen molar-refractivity contribution in [2.24, 2.45) is 0 Å². The van der Waals surface area contributed by atoms with Crippen LogP contribution in [0, 0.1) is 0 Å². The molecule has 0 bridgehead atoms. The monoisotopic (exact) mass is 398 g/mol. The molecule has 25 heavy (non-hydrogen) atoms. The summed E-state index contributed by atoms with van der Waals surface area (Å²) in [5, 5.41) is 14.3. The Hall–Kier alpha value is -2.35. The van der Waals surface area contributed by atoms with E-state index in [-0.39, 0.29) is 33.0 Å². The van der Waals surface area contributed by atoms with Gasteiger partial charge in [0.15, 0.2) is 11.7 Å². The van der Waals surface area contributed by atoms with Crippen LogP contribution < -0.4 is 15.4 Å². The minimum Gasteiger partial charge on any atom is -0.484 e. The maximum atomic E-state index is 11.8. The molecule has 9 heteroatoms. The normalized spacial score (nSPS) is 10.0. The number of halogens is 2. The molecule has 0 fully saturated rings. The van der Waals surface area contributed by atoms with Crippen molar-refractivity contribution >= 4 is 58.1 Å². The van der Waals surface area contributed by atoms with Crippen molar-refractivity contribution in [1.29, 1.82) is 0 Å². The van der Waals surface area contributed by atoms with Crippen molar-refractivity contribution in [3.63, 3.8) is 0 Å². The second kappa shape index (κ2) is 8.66. The zero-order valence-electron chi connectivity index (χ0n) is 12.6. The van der Waals surface area contributed by atoms with Crippen LogP contribution in [0.5, 0.6) is 5.75 Å². The number of carbonyl (C=O) groups excluding carboxylic acids is 1. The molecule has 0 spiro atoms. The smallest absolute Gasteiger partial charge is 0.337 e. The van der Waals surface area contributed by atoms with Crippen LogP contribution in [-0.2, 0) is 4.79 Å². The fraction of sp³-hybridized carbons (Fsp3) is 0.0625. The van der Waals surface area contributed by atoms with Crippen molar-refractivity contribution in [3.8, 4) is 5.75 Å². The Bertz CT molecular complexity index is 815. The predicted octanol–water partition coefficient (Wildman–Crippen LogP) is 3.58. The van der Waals surface area contributed by atoms with Crippen molar-refractivity contribution in [2.45, 2.75) is 0 Å². The third-order valence-electron chi connectivity index (χ3n) is 2.89. The van der Waals surface area contributed by atoms with Gasteiger partial charge in [-0.1, -0.05) is 41.4 Å². The molecule has 130 valence electrons. The lowest BCUT2D eigenvalue weighted by molar-refractivity contribution is -0.121. The number of ether oxygens (including phenoxy) is 1. The molecule has 0 heterocycles. The Morgan fingerprint density at radius 2 is 1.84 bits per heavy atom. The van der Waals surface area contributed by atoms with E-state index < -0.39 is 11.9 Å². The van der Waals surface area contributed by atoms with Crippen molar-refractivity contribution in [1.82, 2.24) is 5.32 Å². The quantitative estimate of drug-likeness (QED) is 0.667. The molecule has 0 aliphatic carbocycles. The first-order valence-corrected chi connectivity index (χ1v) is 8.04. The number of carboxylic acid groups (broad SMARTS) is 1. The van der Waals surface area contributed by atoms with Crippen LogP contribution in [0.2, 0.25) is 10.0 Å². The number of aromatic carboxylic acids is 1. The minimum absolute atomic E-state index is 0.0350. The Balaban J connectivity index is 1.98. The number of para-hydroxylation sites is 1. The van der Waals surface area contributed by atoms with E-state index in [0.29, 0.717) is 5.75 Å². The highest BCUT2D eigenvalue weighted by Crippen LogP contribution is 2.30. The number of hydrogen-bond donors (Lipinski definition) is 3. The molecule has 0 saturated heterocycles. The molecule has 0 atom stereocenters. The molecular formula is C16H12Cl2N2O4S. The van der Waals surface area contributed by atoms with Gasteiger partial charge in [-0.05, 0) is 36.5 Å². The molecular weight excluding hydrogens is 387 g/mol. The average Bonchev–Trinajstić information content (AvgIpc) is 2.56. The molecule has 2 aromatic carbocycles. The van der Waals surface area contributed by atoms with Gasteiger partial charge in [0.25, 0.3) is 5.91 Å². The number of thiocarbonyl (C=S) groups is 1. The summed E-state index contributed by atoms with van der Waals surface area (Å²) < 4.78 is 5.28. The van der Waals surface area contributed by atoms with Crippen molar-refractivity contribution < 1.29 is 19.4 Å². The molecule has 6 nitrogen and oxygen atoms in total. The van der Waals surface area contributed by atoms with E-state index in [1.807, 2.05) is 6.07 Å². The molecule has 0 saturated carbocycles. The lowest BCUT2D eigenvalue weighted by Crippen LogP contribution is -2.37. The highest BCUT2D eigenvalue weighted by Gasteiger charge is 2.17. The third kappa shape index (κ3) is 5.60. The molecule has 2 aromatic rings. The van der Waals surface area contributed by atoms with Gasteiger partial charge in [-0.3, -0.25) is 10.1 Å². The van der Waals surface area contributed by atoms with Gasteiger partial charge in [0.05, 0.1) is 16.3 Å². The molecule has 1 amide bonds. The number of hydrogen-bond acceptors (Lipinski definition) is 4. The maximum Gasteiger partial charge on any atom is 0.337 e. The lowest BCUT2D eigenvalue weighted by Gasteiger charge is -2.14. The molecule has 3 N–H and O–H groups in total. The Morgan fingerprint density at radius 3 is 2.48 bits per heavy atom. The van der Waals surface area contributed by atoms with Gasteiger partial charge < -0.3 is 15.2 Å². The standard InChI is InChI=1S/C16H12Cl2N2O4S/c17-9-6-11(15(22)23)14(12(18)7-9)20-16(25)19-13(21)8-24-10-4-2-1-3-5-10/h1-7H,8H2,(H,22,23)(H2,19,20,21,25). The summed E-state index contributed by atoms with van der Waals surface area (Å²) in [5.74, 6) is -1.22. The van der Waals surface area contributed by atoms with E-state index in [2.05, 4.69) is 10.6 Å². The summed E-state index contributed by atoms with van der Waals surface area (Å²) >= 11 is 16.8. The van der Waals surface area contributed by atoms with Crippen molar-refractivity contribution in [3.05, 3.63) is 58.1 Å².